The molecule has 116 valence electrons. The maximum atomic E-state index is 13.8. The molecular formula is C16H17FN2O3. The highest BCUT2D eigenvalue weighted by Crippen LogP contribution is 2.48. The quantitative estimate of drug-likeness (QED) is 0.832. The van der Waals surface area contributed by atoms with E-state index in [1.807, 2.05) is 0 Å². The molecule has 0 aliphatic heterocycles. The van der Waals surface area contributed by atoms with Crippen LogP contribution in [0.3, 0.4) is 0 Å². The molecule has 3 rings (SSSR count). The van der Waals surface area contributed by atoms with Crippen molar-refractivity contribution in [3.05, 3.63) is 41.8 Å². The lowest BCUT2D eigenvalue weighted by Crippen LogP contribution is -2.36. The van der Waals surface area contributed by atoms with E-state index in [4.69, 9.17) is 9.26 Å². The number of hydrogen-bond donors (Lipinski definition) is 1. The van der Waals surface area contributed by atoms with Crippen LogP contribution in [0.4, 0.5) is 4.39 Å². The number of halogens is 1. The van der Waals surface area contributed by atoms with Gasteiger partial charge in [-0.1, -0.05) is 17.3 Å². The summed E-state index contributed by atoms with van der Waals surface area (Å²) >= 11 is 0. The number of carbonyl (C=O) groups excluding carboxylic acids is 1. The van der Waals surface area contributed by atoms with Crippen molar-refractivity contribution >= 4 is 5.91 Å². The van der Waals surface area contributed by atoms with E-state index in [0.717, 1.165) is 12.8 Å². The monoisotopic (exact) mass is 304 g/mol. The Morgan fingerprint density at radius 1 is 1.45 bits per heavy atom. The average Bonchev–Trinajstić information content (AvgIpc) is 3.19. The Hall–Kier alpha value is -2.21. The van der Waals surface area contributed by atoms with Gasteiger partial charge in [-0.05, 0) is 25.0 Å². The minimum absolute atomic E-state index is 0.0852. The molecule has 1 heterocycles. The molecule has 2 aromatic rings. The summed E-state index contributed by atoms with van der Waals surface area (Å²) in [5, 5.41) is 6.81. The molecular weight excluding hydrogens is 287 g/mol. The van der Waals surface area contributed by atoms with Crippen LogP contribution in [0.15, 0.2) is 34.9 Å². The van der Waals surface area contributed by atoms with Gasteiger partial charge in [0.05, 0.1) is 23.3 Å². The number of carbonyl (C=O) groups is 1. The van der Waals surface area contributed by atoms with Crippen LogP contribution in [-0.4, -0.2) is 31.3 Å². The van der Waals surface area contributed by atoms with Gasteiger partial charge in [0.2, 0.25) is 5.91 Å². The number of benzene rings is 1. The average molecular weight is 304 g/mol. The Bertz CT molecular complexity index is 680. The van der Waals surface area contributed by atoms with Crippen LogP contribution in [0.2, 0.25) is 0 Å². The first kappa shape index (κ1) is 14.7. The maximum absolute atomic E-state index is 13.8. The molecule has 0 bridgehead atoms. The standard InChI is InChI=1S/C16H17FN2O3/c1-21-9-8-18-15(20)16(6-7-16)14-10-13(22-19-14)11-4-2-3-5-12(11)17/h2-5,10H,6-9H2,1H3,(H,18,20). The normalized spacial score (nSPS) is 15.5. The molecule has 6 heteroatoms. The molecule has 22 heavy (non-hydrogen) atoms. The number of methoxy groups -OCH3 is 1. The summed E-state index contributed by atoms with van der Waals surface area (Å²) in [6.07, 6.45) is 1.43. The molecule has 1 fully saturated rings. The maximum Gasteiger partial charge on any atom is 0.232 e. The van der Waals surface area contributed by atoms with E-state index in [-0.39, 0.29) is 11.7 Å². The Labute approximate surface area is 127 Å². The fourth-order valence-electron chi connectivity index (χ4n) is 2.45. The van der Waals surface area contributed by atoms with Gasteiger partial charge in [-0.15, -0.1) is 0 Å². The Balaban J connectivity index is 1.79. The highest BCUT2D eigenvalue weighted by Gasteiger charge is 2.53. The van der Waals surface area contributed by atoms with Crippen LogP contribution in [-0.2, 0) is 14.9 Å². The van der Waals surface area contributed by atoms with Gasteiger partial charge in [0.15, 0.2) is 5.76 Å². The van der Waals surface area contributed by atoms with Crippen LogP contribution in [0, 0.1) is 5.82 Å². The molecule has 0 unspecified atom stereocenters. The minimum Gasteiger partial charge on any atom is -0.383 e. The molecule has 1 aliphatic carbocycles. The molecule has 5 nitrogen and oxygen atoms in total. The number of nitrogens with one attached hydrogen (secondary N) is 1. The summed E-state index contributed by atoms with van der Waals surface area (Å²) in [4.78, 5) is 12.3. The van der Waals surface area contributed by atoms with Gasteiger partial charge in [0.25, 0.3) is 0 Å². The predicted octanol–water partition coefficient (Wildman–Crippen LogP) is 2.27. The van der Waals surface area contributed by atoms with E-state index >= 15 is 0 Å². The number of hydrogen-bond acceptors (Lipinski definition) is 4. The van der Waals surface area contributed by atoms with Gasteiger partial charge in [0.1, 0.15) is 5.82 Å². The zero-order chi connectivity index (χ0) is 15.6. The van der Waals surface area contributed by atoms with Gasteiger partial charge < -0.3 is 14.6 Å². The Morgan fingerprint density at radius 2 is 2.23 bits per heavy atom. The second-order valence-corrected chi connectivity index (χ2v) is 5.39. The van der Waals surface area contributed by atoms with Crippen molar-refractivity contribution < 1.29 is 18.4 Å². The van der Waals surface area contributed by atoms with E-state index in [1.54, 1.807) is 31.4 Å². The first-order valence-corrected chi connectivity index (χ1v) is 7.17. The van der Waals surface area contributed by atoms with Crippen molar-refractivity contribution in [3.63, 3.8) is 0 Å². The van der Waals surface area contributed by atoms with Crippen molar-refractivity contribution in [1.29, 1.82) is 0 Å². The molecule has 1 aromatic carbocycles. The van der Waals surface area contributed by atoms with Crippen LogP contribution >= 0.6 is 0 Å². The Kier molecular flexibility index (Phi) is 3.94. The van der Waals surface area contributed by atoms with Crippen molar-refractivity contribution in [1.82, 2.24) is 10.5 Å². The molecule has 1 aliphatic rings. The summed E-state index contributed by atoms with van der Waals surface area (Å²) in [5.74, 6) is -0.124. The number of nitrogens with zero attached hydrogens (tertiary/aromatic N) is 1. The zero-order valence-corrected chi connectivity index (χ0v) is 12.3. The molecule has 0 radical (unpaired) electrons. The summed E-state index contributed by atoms with van der Waals surface area (Å²) in [6, 6.07) is 7.98. The summed E-state index contributed by atoms with van der Waals surface area (Å²) in [7, 11) is 1.58. The number of amides is 1. The van der Waals surface area contributed by atoms with Gasteiger partial charge in [0, 0.05) is 19.7 Å². The van der Waals surface area contributed by atoms with Crippen LogP contribution in [0.1, 0.15) is 18.5 Å². The zero-order valence-electron chi connectivity index (χ0n) is 12.3. The van der Waals surface area contributed by atoms with E-state index in [1.165, 1.54) is 6.07 Å². The molecule has 1 N–H and O–H groups in total. The topological polar surface area (TPSA) is 64.4 Å². The SMILES string of the molecule is COCCNC(=O)C1(c2cc(-c3ccccc3F)on2)CC1. The van der Waals surface area contributed by atoms with Crippen LogP contribution in [0.25, 0.3) is 11.3 Å². The fourth-order valence-corrected chi connectivity index (χ4v) is 2.45. The van der Waals surface area contributed by atoms with E-state index in [2.05, 4.69) is 10.5 Å². The van der Waals surface area contributed by atoms with E-state index < -0.39 is 5.41 Å². The second-order valence-electron chi connectivity index (χ2n) is 5.39. The van der Waals surface area contributed by atoms with Gasteiger partial charge in [-0.3, -0.25) is 4.79 Å². The highest BCUT2D eigenvalue weighted by atomic mass is 19.1. The lowest BCUT2D eigenvalue weighted by Gasteiger charge is -2.11. The van der Waals surface area contributed by atoms with Gasteiger partial charge in [-0.25, -0.2) is 4.39 Å². The minimum atomic E-state index is -0.638. The van der Waals surface area contributed by atoms with Crippen molar-refractivity contribution in [2.75, 3.05) is 20.3 Å². The molecule has 0 saturated heterocycles. The predicted molar refractivity (Wildman–Crippen MR) is 77.7 cm³/mol. The fraction of sp³-hybridized carbons (Fsp3) is 0.375. The van der Waals surface area contributed by atoms with E-state index in [0.29, 0.717) is 30.2 Å². The smallest absolute Gasteiger partial charge is 0.232 e. The van der Waals surface area contributed by atoms with E-state index in [9.17, 15) is 9.18 Å². The summed E-state index contributed by atoms with van der Waals surface area (Å²) in [6.45, 7) is 0.913. The van der Waals surface area contributed by atoms with Gasteiger partial charge in [-0.2, -0.15) is 0 Å². The molecule has 1 aromatic heterocycles. The summed E-state index contributed by atoms with van der Waals surface area (Å²) < 4.78 is 23.9. The lowest BCUT2D eigenvalue weighted by atomic mass is 10.0. The van der Waals surface area contributed by atoms with Crippen molar-refractivity contribution in [2.45, 2.75) is 18.3 Å². The first-order chi connectivity index (χ1) is 10.7. The molecule has 0 atom stereocenters. The molecule has 1 amide bonds. The summed E-state index contributed by atoms with van der Waals surface area (Å²) in [5.41, 5.74) is 0.262. The van der Waals surface area contributed by atoms with Crippen LogP contribution in [0.5, 0.6) is 0 Å². The third-order valence-electron chi connectivity index (χ3n) is 3.92. The van der Waals surface area contributed by atoms with Crippen molar-refractivity contribution in [3.8, 4) is 11.3 Å². The third-order valence-corrected chi connectivity index (χ3v) is 3.92. The number of aromatic nitrogens is 1. The number of ether oxygens (including phenoxy) is 1. The number of rotatable bonds is 6. The van der Waals surface area contributed by atoms with Gasteiger partial charge >= 0.3 is 0 Å². The highest BCUT2D eigenvalue weighted by molar-refractivity contribution is 5.91. The van der Waals surface area contributed by atoms with Crippen LogP contribution < -0.4 is 5.32 Å². The second kappa shape index (κ2) is 5.88. The molecule has 0 spiro atoms. The largest absolute Gasteiger partial charge is 0.383 e. The Morgan fingerprint density at radius 3 is 2.91 bits per heavy atom. The lowest BCUT2D eigenvalue weighted by molar-refractivity contribution is -0.123. The van der Waals surface area contributed by atoms with Crippen molar-refractivity contribution in [2.24, 2.45) is 0 Å². The molecule has 1 saturated carbocycles. The first-order valence-electron chi connectivity index (χ1n) is 7.17. The third kappa shape index (κ3) is 2.62.